The van der Waals surface area contributed by atoms with E-state index in [9.17, 15) is 18.0 Å². The second kappa shape index (κ2) is 9.70. The maximum atomic E-state index is 13.8. The molecule has 0 fully saturated rings. The highest BCUT2D eigenvalue weighted by atomic mass is 35.5. The van der Waals surface area contributed by atoms with Gasteiger partial charge in [0.1, 0.15) is 0 Å². The third-order valence-corrected chi connectivity index (χ3v) is 4.92. The monoisotopic (exact) mass is 487 g/mol. The zero-order valence-corrected chi connectivity index (χ0v) is 18.5. The Morgan fingerprint density at radius 2 is 1.88 bits per heavy atom. The van der Waals surface area contributed by atoms with Gasteiger partial charge in [0.15, 0.2) is 17.2 Å². The molecule has 0 radical (unpaired) electrons. The smallest absolute Gasteiger partial charge is 0.434 e. The molecule has 0 unspecified atom stereocenters. The quantitative estimate of drug-likeness (QED) is 0.475. The van der Waals surface area contributed by atoms with Crippen LogP contribution in [0.3, 0.4) is 0 Å². The van der Waals surface area contributed by atoms with Crippen molar-refractivity contribution in [2.75, 3.05) is 13.7 Å². The molecule has 0 aliphatic carbocycles. The number of benzene rings is 2. The van der Waals surface area contributed by atoms with Crippen molar-refractivity contribution in [1.29, 1.82) is 0 Å². The lowest BCUT2D eigenvalue weighted by atomic mass is 10.1. The van der Waals surface area contributed by atoms with Crippen LogP contribution in [0, 0.1) is 0 Å². The summed E-state index contributed by atoms with van der Waals surface area (Å²) in [6, 6.07) is 8.74. The van der Waals surface area contributed by atoms with Gasteiger partial charge in [-0.15, -0.1) is 0 Å². The molecule has 0 spiro atoms. The highest BCUT2D eigenvalue weighted by Crippen LogP contribution is 2.37. The van der Waals surface area contributed by atoms with E-state index in [0.29, 0.717) is 33.4 Å². The summed E-state index contributed by atoms with van der Waals surface area (Å²) in [5.74, 6) is -0.257. The first kappa shape index (κ1) is 23.7. The summed E-state index contributed by atoms with van der Waals surface area (Å²) in [6.45, 7) is 2.06. The van der Waals surface area contributed by atoms with Gasteiger partial charge in [-0.25, -0.2) is 4.68 Å². The van der Waals surface area contributed by atoms with Crippen molar-refractivity contribution in [3.8, 4) is 17.2 Å². The largest absolute Gasteiger partial charge is 0.493 e. The average Bonchev–Trinajstić information content (AvgIpc) is 3.20. The molecular weight excluding hydrogens is 470 g/mol. The van der Waals surface area contributed by atoms with E-state index < -0.39 is 23.3 Å². The van der Waals surface area contributed by atoms with Gasteiger partial charge in [-0.3, -0.25) is 4.79 Å². The maximum Gasteiger partial charge on any atom is 0.434 e. The van der Waals surface area contributed by atoms with Crippen molar-refractivity contribution >= 4 is 29.1 Å². The van der Waals surface area contributed by atoms with Crippen molar-refractivity contribution in [3.05, 3.63) is 69.5 Å². The molecule has 0 aliphatic rings. The van der Waals surface area contributed by atoms with Gasteiger partial charge in [-0.1, -0.05) is 23.2 Å². The van der Waals surface area contributed by atoms with Gasteiger partial charge in [-0.05, 0) is 48.9 Å². The average molecular weight is 488 g/mol. The third kappa shape index (κ3) is 5.11. The molecular formula is C21H18Cl2F3N3O3. The van der Waals surface area contributed by atoms with Gasteiger partial charge in [0.05, 0.1) is 36.2 Å². The molecule has 0 bridgehead atoms. The molecule has 6 nitrogen and oxygen atoms in total. The molecule has 1 heterocycles. The fraction of sp³-hybridized carbons (Fsp3) is 0.238. The molecule has 3 rings (SSSR count). The van der Waals surface area contributed by atoms with E-state index in [1.807, 2.05) is 0 Å². The molecule has 1 aromatic heterocycles. The Morgan fingerprint density at radius 1 is 1.19 bits per heavy atom. The lowest BCUT2D eigenvalue weighted by Gasteiger charge is -2.14. The zero-order valence-electron chi connectivity index (χ0n) is 17.0. The number of nitrogens with zero attached hydrogens (tertiary/aromatic N) is 2. The van der Waals surface area contributed by atoms with E-state index in [1.165, 1.54) is 37.4 Å². The van der Waals surface area contributed by atoms with E-state index in [0.717, 1.165) is 6.20 Å². The van der Waals surface area contributed by atoms with Crippen LogP contribution in [0.2, 0.25) is 10.0 Å². The Bertz CT molecular complexity index is 1120. The predicted molar refractivity (Wildman–Crippen MR) is 114 cm³/mol. The number of methoxy groups -OCH3 is 1. The number of ether oxygens (including phenoxy) is 2. The summed E-state index contributed by atoms with van der Waals surface area (Å²) in [5.41, 5.74) is -1.18. The molecule has 0 atom stereocenters. The molecule has 2 aromatic carbocycles. The Balaban J connectivity index is 1.87. The third-order valence-electron chi connectivity index (χ3n) is 4.38. The van der Waals surface area contributed by atoms with Gasteiger partial charge in [0.2, 0.25) is 0 Å². The molecule has 3 aromatic rings. The molecule has 0 saturated carbocycles. The van der Waals surface area contributed by atoms with Crippen LogP contribution < -0.4 is 14.8 Å². The maximum absolute atomic E-state index is 13.8. The molecule has 11 heteroatoms. The Hall–Kier alpha value is -2.91. The normalized spacial score (nSPS) is 11.3. The summed E-state index contributed by atoms with van der Waals surface area (Å²) >= 11 is 12.0. The Labute approximate surface area is 191 Å². The van der Waals surface area contributed by atoms with Crippen LogP contribution >= 0.6 is 23.2 Å². The molecule has 0 aliphatic heterocycles. The predicted octanol–water partition coefficient (Wildman–Crippen LogP) is 5.54. The first-order valence-corrected chi connectivity index (χ1v) is 10.1. The minimum absolute atomic E-state index is 0.0925. The van der Waals surface area contributed by atoms with Crippen LogP contribution in [0.1, 0.15) is 28.5 Å². The van der Waals surface area contributed by atoms with E-state index in [4.69, 9.17) is 32.7 Å². The number of hydrogen-bond donors (Lipinski definition) is 1. The summed E-state index contributed by atoms with van der Waals surface area (Å²) in [7, 11) is 1.43. The number of rotatable bonds is 7. The minimum atomic E-state index is -4.82. The van der Waals surface area contributed by atoms with E-state index >= 15 is 0 Å². The van der Waals surface area contributed by atoms with Gasteiger partial charge >= 0.3 is 6.18 Å². The molecule has 1 N–H and O–H groups in total. The second-order valence-corrected chi connectivity index (χ2v) is 7.36. The minimum Gasteiger partial charge on any atom is -0.493 e. The SMILES string of the molecule is CCOc1c(Cl)cc(CNC(=O)c2cnn(-c3ccc(Cl)cc3)c2C(F)(F)F)cc1OC. The number of amides is 1. The Morgan fingerprint density at radius 3 is 2.47 bits per heavy atom. The molecule has 32 heavy (non-hydrogen) atoms. The number of carbonyl (C=O) groups is 1. The zero-order chi connectivity index (χ0) is 23.5. The number of alkyl halides is 3. The number of nitrogens with one attached hydrogen (secondary N) is 1. The second-order valence-electron chi connectivity index (χ2n) is 6.52. The van der Waals surface area contributed by atoms with Crippen molar-refractivity contribution in [2.24, 2.45) is 0 Å². The van der Waals surface area contributed by atoms with Crippen LogP contribution in [0.25, 0.3) is 5.69 Å². The van der Waals surface area contributed by atoms with E-state index in [-0.39, 0.29) is 17.3 Å². The van der Waals surface area contributed by atoms with Gasteiger partial charge < -0.3 is 14.8 Å². The Kier molecular flexibility index (Phi) is 7.20. The van der Waals surface area contributed by atoms with Gasteiger partial charge in [-0.2, -0.15) is 18.3 Å². The highest BCUT2D eigenvalue weighted by Gasteiger charge is 2.40. The van der Waals surface area contributed by atoms with Crippen molar-refractivity contribution < 1.29 is 27.4 Å². The number of carbonyl (C=O) groups excluding carboxylic acids is 1. The molecule has 1 amide bonds. The first-order chi connectivity index (χ1) is 15.2. The number of halogens is 5. The summed E-state index contributed by atoms with van der Waals surface area (Å²) in [5, 5.41) is 6.84. The number of hydrogen-bond acceptors (Lipinski definition) is 4. The van der Waals surface area contributed by atoms with Crippen molar-refractivity contribution in [3.63, 3.8) is 0 Å². The summed E-state index contributed by atoms with van der Waals surface area (Å²) in [4.78, 5) is 12.6. The van der Waals surface area contributed by atoms with Crippen LogP contribution in [0.5, 0.6) is 11.5 Å². The molecule has 170 valence electrons. The van der Waals surface area contributed by atoms with Gasteiger partial charge in [0.25, 0.3) is 5.91 Å². The van der Waals surface area contributed by atoms with E-state index in [1.54, 1.807) is 13.0 Å². The standard InChI is InChI=1S/C21H18Cl2F3N3O3/c1-3-32-18-16(23)8-12(9-17(18)31-2)10-27-20(30)15-11-28-29(19(15)21(24,25)26)14-6-4-13(22)5-7-14/h4-9,11H,3,10H2,1-2H3,(H,27,30). The summed E-state index contributed by atoms with van der Waals surface area (Å²) in [6.07, 6.45) is -3.95. The topological polar surface area (TPSA) is 65.4 Å². The fourth-order valence-corrected chi connectivity index (χ4v) is 3.42. The van der Waals surface area contributed by atoms with Crippen LogP contribution in [-0.4, -0.2) is 29.4 Å². The number of aromatic nitrogens is 2. The fourth-order valence-electron chi connectivity index (χ4n) is 3.00. The summed E-state index contributed by atoms with van der Waals surface area (Å²) < 4.78 is 52.7. The van der Waals surface area contributed by atoms with Crippen LogP contribution in [0.15, 0.2) is 42.6 Å². The lowest BCUT2D eigenvalue weighted by molar-refractivity contribution is -0.143. The first-order valence-electron chi connectivity index (χ1n) is 9.34. The lowest BCUT2D eigenvalue weighted by Crippen LogP contribution is -2.26. The van der Waals surface area contributed by atoms with Crippen molar-refractivity contribution in [1.82, 2.24) is 15.1 Å². The molecule has 0 saturated heterocycles. The van der Waals surface area contributed by atoms with Gasteiger partial charge in [0, 0.05) is 11.6 Å². The van der Waals surface area contributed by atoms with Crippen molar-refractivity contribution in [2.45, 2.75) is 19.6 Å². The highest BCUT2D eigenvalue weighted by molar-refractivity contribution is 6.32. The van der Waals surface area contributed by atoms with Crippen LogP contribution in [-0.2, 0) is 12.7 Å². The van der Waals surface area contributed by atoms with Crippen LogP contribution in [0.4, 0.5) is 13.2 Å². The van der Waals surface area contributed by atoms with E-state index in [2.05, 4.69) is 10.4 Å².